The SMILES string of the molecule is CC(C)(C)OC(=O)NCC=Cc1cc(CC(=O)O)ccc1F. The second-order valence-electron chi connectivity index (χ2n) is 5.71. The van der Waals surface area contributed by atoms with Crippen LogP contribution in [0.3, 0.4) is 0 Å². The first-order valence-electron chi connectivity index (χ1n) is 6.81. The van der Waals surface area contributed by atoms with E-state index in [1.165, 1.54) is 24.3 Å². The maximum absolute atomic E-state index is 13.6. The molecule has 0 aliphatic carbocycles. The van der Waals surface area contributed by atoms with Crippen molar-refractivity contribution in [1.82, 2.24) is 5.32 Å². The van der Waals surface area contributed by atoms with Gasteiger partial charge >= 0.3 is 12.1 Å². The van der Waals surface area contributed by atoms with E-state index in [-0.39, 0.29) is 18.5 Å². The van der Waals surface area contributed by atoms with E-state index in [1.807, 2.05) is 0 Å². The van der Waals surface area contributed by atoms with Crippen molar-refractivity contribution in [3.8, 4) is 0 Å². The van der Waals surface area contributed by atoms with E-state index in [0.717, 1.165) is 0 Å². The molecule has 0 bridgehead atoms. The first-order valence-corrected chi connectivity index (χ1v) is 6.81. The smallest absolute Gasteiger partial charge is 0.407 e. The number of hydrogen-bond donors (Lipinski definition) is 2. The normalized spacial score (nSPS) is 11.5. The van der Waals surface area contributed by atoms with Crippen molar-refractivity contribution in [2.45, 2.75) is 32.8 Å². The van der Waals surface area contributed by atoms with Gasteiger partial charge in [0, 0.05) is 12.1 Å². The fraction of sp³-hybridized carbons (Fsp3) is 0.375. The minimum absolute atomic E-state index is 0.169. The summed E-state index contributed by atoms with van der Waals surface area (Å²) in [5, 5.41) is 11.2. The Morgan fingerprint density at radius 2 is 2.05 bits per heavy atom. The molecule has 2 N–H and O–H groups in total. The van der Waals surface area contributed by atoms with Crippen molar-refractivity contribution in [2.75, 3.05) is 6.54 Å². The van der Waals surface area contributed by atoms with Crippen molar-refractivity contribution in [3.63, 3.8) is 0 Å². The maximum atomic E-state index is 13.6. The predicted octanol–water partition coefficient (Wildman–Crippen LogP) is 2.99. The van der Waals surface area contributed by atoms with E-state index in [2.05, 4.69) is 5.32 Å². The predicted molar refractivity (Wildman–Crippen MR) is 81.0 cm³/mol. The summed E-state index contributed by atoms with van der Waals surface area (Å²) < 4.78 is 18.7. The molecule has 1 rings (SSSR count). The Balaban J connectivity index is 2.59. The highest BCUT2D eigenvalue weighted by Crippen LogP contribution is 2.13. The lowest BCUT2D eigenvalue weighted by molar-refractivity contribution is -0.136. The fourth-order valence-corrected chi connectivity index (χ4v) is 1.65. The van der Waals surface area contributed by atoms with Crippen LogP contribution in [0.15, 0.2) is 24.3 Å². The van der Waals surface area contributed by atoms with Gasteiger partial charge in [0.2, 0.25) is 0 Å². The van der Waals surface area contributed by atoms with E-state index >= 15 is 0 Å². The lowest BCUT2D eigenvalue weighted by Gasteiger charge is -2.19. The number of halogens is 1. The molecule has 22 heavy (non-hydrogen) atoms. The van der Waals surface area contributed by atoms with Crippen LogP contribution >= 0.6 is 0 Å². The molecule has 1 aromatic rings. The third kappa shape index (κ3) is 6.88. The number of aliphatic carboxylic acids is 1. The quantitative estimate of drug-likeness (QED) is 0.876. The minimum Gasteiger partial charge on any atom is -0.481 e. The summed E-state index contributed by atoms with van der Waals surface area (Å²) in [5.41, 5.74) is 0.198. The molecule has 0 saturated heterocycles. The molecular weight excluding hydrogens is 289 g/mol. The Kier molecular flexibility index (Phi) is 6.10. The molecule has 0 saturated carbocycles. The highest BCUT2D eigenvalue weighted by atomic mass is 19.1. The zero-order valence-corrected chi connectivity index (χ0v) is 12.9. The molecule has 0 aromatic heterocycles. The van der Waals surface area contributed by atoms with Crippen molar-refractivity contribution < 1.29 is 23.8 Å². The van der Waals surface area contributed by atoms with Gasteiger partial charge in [-0.3, -0.25) is 4.79 Å². The molecule has 0 fully saturated rings. The Morgan fingerprint density at radius 3 is 2.64 bits per heavy atom. The van der Waals surface area contributed by atoms with Gasteiger partial charge in [-0.15, -0.1) is 0 Å². The number of carbonyl (C=O) groups is 2. The van der Waals surface area contributed by atoms with E-state index in [4.69, 9.17) is 9.84 Å². The Labute approximate surface area is 128 Å². The van der Waals surface area contributed by atoms with Crippen molar-refractivity contribution in [3.05, 3.63) is 41.2 Å². The van der Waals surface area contributed by atoms with Crippen LogP contribution in [0.25, 0.3) is 6.08 Å². The number of nitrogens with one attached hydrogen (secondary N) is 1. The number of alkyl carbamates (subject to hydrolysis) is 1. The molecule has 0 atom stereocenters. The van der Waals surface area contributed by atoms with Crippen molar-refractivity contribution >= 4 is 18.1 Å². The molecule has 1 amide bonds. The minimum atomic E-state index is -0.979. The molecule has 1 aromatic carbocycles. The summed E-state index contributed by atoms with van der Waals surface area (Å²) in [7, 11) is 0. The molecule has 0 spiro atoms. The van der Waals surface area contributed by atoms with E-state index in [0.29, 0.717) is 5.56 Å². The van der Waals surface area contributed by atoms with Crippen LogP contribution in [0.1, 0.15) is 31.9 Å². The van der Waals surface area contributed by atoms with Gasteiger partial charge in [-0.25, -0.2) is 9.18 Å². The molecule has 0 unspecified atom stereocenters. The molecule has 0 heterocycles. The number of ether oxygens (including phenoxy) is 1. The number of carboxylic acid groups (broad SMARTS) is 1. The second-order valence-corrected chi connectivity index (χ2v) is 5.71. The van der Waals surface area contributed by atoms with Gasteiger partial charge in [-0.1, -0.05) is 18.2 Å². The van der Waals surface area contributed by atoms with Crippen LogP contribution in [0.4, 0.5) is 9.18 Å². The molecule has 0 aliphatic heterocycles. The van der Waals surface area contributed by atoms with Crippen LogP contribution in [-0.4, -0.2) is 29.3 Å². The third-order valence-corrected chi connectivity index (χ3v) is 2.48. The van der Waals surface area contributed by atoms with Gasteiger partial charge in [-0.2, -0.15) is 0 Å². The summed E-state index contributed by atoms with van der Waals surface area (Å²) in [6.45, 7) is 5.45. The fourth-order valence-electron chi connectivity index (χ4n) is 1.65. The van der Waals surface area contributed by atoms with Gasteiger partial charge in [0.25, 0.3) is 0 Å². The zero-order chi connectivity index (χ0) is 16.8. The molecule has 0 radical (unpaired) electrons. The number of benzene rings is 1. The van der Waals surface area contributed by atoms with Crippen LogP contribution in [0, 0.1) is 5.82 Å². The largest absolute Gasteiger partial charge is 0.481 e. The first-order chi connectivity index (χ1) is 10.2. The second kappa shape index (κ2) is 7.59. The number of amides is 1. The lowest BCUT2D eigenvalue weighted by atomic mass is 10.1. The number of rotatable bonds is 5. The zero-order valence-electron chi connectivity index (χ0n) is 12.9. The first kappa shape index (κ1) is 17.7. The van der Waals surface area contributed by atoms with Gasteiger partial charge in [0.05, 0.1) is 6.42 Å². The van der Waals surface area contributed by atoms with Crippen LogP contribution < -0.4 is 5.32 Å². The van der Waals surface area contributed by atoms with Gasteiger partial charge in [0.15, 0.2) is 0 Å². The number of hydrogen-bond acceptors (Lipinski definition) is 3. The summed E-state index contributed by atoms with van der Waals surface area (Å²) in [5.74, 6) is -1.43. The van der Waals surface area contributed by atoms with Crippen LogP contribution in [0.2, 0.25) is 0 Å². The van der Waals surface area contributed by atoms with E-state index in [9.17, 15) is 14.0 Å². The molecule has 120 valence electrons. The lowest BCUT2D eigenvalue weighted by Crippen LogP contribution is -2.32. The summed E-state index contributed by atoms with van der Waals surface area (Å²) in [6.07, 6.45) is 2.32. The molecule has 0 aliphatic rings. The average Bonchev–Trinajstić information content (AvgIpc) is 2.35. The summed E-state index contributed by atoms with van der Waals surface area (Å²) >= 11 is 0. The highest BCUT2D eigenvalue weighted by molar-refractivity contribution is 5.71. The monoisotopic (exact) mass is 309 g/mol. The number of carbonyl (C=O) groups excluding carboxylic acids is 1. The summed E-state index contributed by atoms with van der Waals surface area (Å²) in [4.78, 5) is 22.0. The Morgan fingerprint density at radius 1 is 1.36 bits per heavy atom. The van der Waals surface area contributed by atoms with Gasteiger partial charge < -0.3 is 15.2 Å². The Bertz CT molecular complexity index is 576. The van der Waals surface area contributed by atoms with Crippen LogP contribution in [-0.2, 0) is 16.0 Å². The number of carboxylic acids is 1. The van der Waals surface area contributed by atoms with Gasteiger partial charge in [0.1, 0.15) is 11.4 Å². The standard InChI is InChI=1S/C16H20FNO4/c1-16(2,3)22-15(21)18-8-4-5-12-9-11(10-14(19)20)6-7-13(12)17/h4-7,9H,8,10H2,1-3H3,(H,18,21)(H,19,20). The molecule has 6 heteroatoms. The molecule has 5 nitrogen and oxygen atoms in total. The Hall–Kier alpha value is -2.37. The average molecular weight is 309 g/mol. The van der Waals surface area contributed by atoms with E-state index < -0.39 is 23.5 Å². The highest BCUT2D eigenvalue weighted by Gasteiger charge is 2.15. The van der Waals surface area contributed by atoms with Crippen molar-refractivity contribution in [1.29, 1.82) is 0 Å². The topological polar surface area (TPSA) is 75.6 Å². The van der Waals surface area contributed by atoms with Crippen molar-refractivity contribution in [2.24, 2.45) is 0 Å². The summed E-state index contributed by atoms with van der Waals surface area (Å²) in [6, 6.07) is 4.12. The van der Waals surface area contributed by atoms with Gasteiger partial charge in [-0.05, 0) is 38.5 Å². The molecular formula is C16H20FNO4. The van der Waals surface area contributed by atoms with E-state index in [1.54, 1.807) is 26.8 Å². The third-order valence-electron chi connectivity index (χ3n) is 2.48. The van der Waals surface area contributed by atoms with Crippen LogP contribution in [0.5, 0.6) is 0 Å². The maximum Gasteiger partial charge on any atom is 0.407 e.